The number of amides is 2. The summed E-state index contributed by atoms with van der Waals surface area (Å²) in [7, 11) is 1.54. The van der Waals surface area contributed by atoms with E-state index in [0.717, 1.165) is 0 Å². The summed E-state index contributed by atoms with van der Waals surface area (Å²) in [5, 5.41) is 16.0. The van der Waals surface area contributed by atoms with Gasteiger partial charge in [-0.15, -0.1) is 0 Å². The molecule has 1 aromatic rings. The molecule has 19 heavy (non-hydrogen) atoms. The second kappa shape index (κ2) is 4.97. The summed E-state index contributed by atoms with van der Waals surface area (Å²) >= 11 is 0. The zero-order valence-electron chi connectivity index (χ0n) is 10.5. The normalized spacial score (nSPS) is 18.6. The first-order valence-electron chi connectivity index (χ1n) is 5.59. The van der Waals surface area contributed by atoms with Gasteiger partial charge in [0.1, 0.15) is 11.8 Å². The van der Waals surface area contributed by atoms with Crippen molar-refractivity contribution in [2.24, 2.45) is 0 Å². The highest BCUT2D eigenvalue weighted by Crippen LogP contribution is 2.27. The molecule has 0 saturated carbocycles. The maximum absolute atomic E-state index is 11.4. The summed E-state index contributed by atoms with van der Waals surface area (Å²) in [6.45, 7) is 1.51. The summed E-state index contributed by atoms with van der Waals surface area (Å²) in [6.07, 6.45) is 0. The number of nitro groups is 1. The van der Waals surface area contributed by atoms with Gasteiger partial charge in [-0.2, -0.15) is 0 Å². The smallest absolute Gasteiger partial charge is 0.320 e. The van der Waals surface area contributed by atoms with Crippen molar-refractivity contribution in [3.8, 4) is 5.75 Å². The van der Waals surface area contributed by atoms with E-state index in [4.69, 9.17) is 4.74 Å². The molecule has 1 aromatic carbocycles. The number of benzene rings is 1. The van der Waals surface area contributed by atoms with Crippen LogP contribution in [0, 0.1) is 10.1 Å². The number of methoxy groups -OCH3 is 1. The maximum atomic E-state index is 11.4. The fraction of sp³-hybridized carbons (Fsp3) is 0.250. The van der Waals surface area contributed by atoms with Crippen molar-refractivity contribution < 1.29 is 14.5 Å². The van der Waals surface area contributed by atoms with Gasteiger partial charge in [0, 0.05) is 0 Å². The monoisotopic (exact) mass is 263 g/mol. The van der Waals surface area contributed by atoms with E-state index in [1.807, 2.05) is 0 Å². The van der Waals surface area contributed by atoms with Crippen molar-refractivity contribution in [3.63, 3.8) is 0 Å². The predicted octanol–water partition coefficient (Wildman–Crippen LogP) is 1.56. The van der Waals surface area contributed by atoms with Crippen LogP contribution in [-0.4, -0.2) is 18.1 Å². The van der Waals surface area contributed by atoms with Crippen LogP contribution in [-0.2, 0) is 0 Å². The topological polar surface area (TPSA) is 93.5 Å². The second-order valence-corrected chi connectivity index (χ2v) is 4.07. The Labute approximate surface area is 109 Å². The van der Waals surface area contributed by atoms with Gasteiger partial charge in [0.25, 0.3) is 5.70 Å². The number of hydrogen-bond acceptors (Lipinski definition) is 4. The predicted molar refractivity (Wildman–Crippen MR) is 67.1 cm³/mol. The Hall–Kier alpha value is -2.57. The summed E-state index contributed by atoms with van der Waals surface area (Å²) in [4.78, 5) is 22.1. The lowest BCUT2D eigenvalue weighted by Gasteiger charge is -2.23. The average Bonchev–Trinajstić information content (AvgIpc) is 2.37. The summed E-state index contributed by atoms with van der Waals surface area (Å²) < 4.78 is 5.03. The molecule has 0 unspecified atom stereocenters. The molecule has 7 nitrogen and oxygen atoms in total. The fourth-order valence-corrected chi connectivity index (χ4v) is 1.97. The quantitative estimate of drug-likeness (QED) is 0.639. The molecule has 7 heteroatoms. The minimum atomic E-state index is -0.769. The first-order valence-corrected chi connectivity index (χ1v) is 5.59. The van der Waals surface area contributed by atoms with E-state index in [-0.39, 0.29) is 11.4 Å². The number of ether oxygens (including phenoxy) is 1. The van der Waals surface area contributed by atoms with Crippen LogP contribution in [0.2, 0.25) is 0 Å². The maximum Gasteiger partial charge on any atom is 0.320 e. The van der Waals surface area contributed by atoms with Gasteiger partial charge in [-0.3, -0.25) is 10.1 Å². The Morgan fingerprint density at radius 2 is 1.95 bits per heavy atom. The van der Waals surface area contributed by atoms with Gasteiger partial charge in [-0.1, -0.05) is 12.1 Å². The molecule has 2 amide bonds. The third kappa shape index (κ3) is 2.49. The Balaban J connectivity index is 2.42. The molecule has 0 spiro atoms. The highest BCUT2D eigenvalue weighted by atomic mass is 16.6. The number of rotatable bonds is 3. The van der Waals surface area contributed by atoms with E-state index in [1.54, 1.807) is 24.3 Å². The molecule has 0 bridgehead atoms. The number of urea groups is 1. The Morgan fingerprint density at radius 3 is 2.47 bits per heavy atom. The van der Waals surface area contributed by atoms with E-state index >= 15 is 0 Å². The minimum Gasteiger partial charge on any atom is -0.497 e. The molecule has 0 aromatic heterocycles. The molecule has 1 aliphatic rings. The molecular weight excluding hydrogens is 250 g/mol. The highest BCUT2D eigenvalue weighted by molar-refractivity contribution is 5.78. The van der Waals surface area contributed by atoms with E-state index in [9.17, 15) is 14.9 Å². The first kappa shape index (κ1) is 12.9. The molecule has 0 fully saturated rings. The van der Waals surface area contributed by atoms with Crippen molar-refractivity contribution in [1.29, 1.82) is 0 Å². The molecular formula is C12H13N3O4. The van der Waals surface area contributed by atoms with Gasteiger partial charge in [0.05, 0.1) is 17.7 Å². The SMILES string of the molecule is COc1ccc([C@H]2NC(=O)NC(C)=C2[N+](=O)[O-])cc1. The summed E-state index contributed by atoms with van der Waals surface area (Å²) in [6, 6.07) is 5.53. The standard InChI is InChI=1S/C12H13N3O4/c1-7-11(15(17)18)10(14-12(16)13-7)8-3-5-9(19-2)6-4-8/h3-6,10H,1-2H3,(H2,13,14,16)/t10-/m1/s1. The van der Waals surface area contributed by atoms with Crippen LogP contribution in [0.3, 0.4) is 0 Å². The Bertz CT molecular complexity index is 551. The molecule has 0 radical (unpaired) electrons. The van der Waals surface area contributed by atoms with Crippen LogP contribution in [0.4, 0.5) is 4.79 Å². The number of nitrogens with zero attached hydrogens (tertiary/aromatic N) is 1. The van der Waals surface area contributed by atoms with Gasteiger partial charge in [0.2, 0.25) is 0 Å². The number of carbonyl (C=O) groups is 1. The van der Waals surface area contributed by atoms with Crippen molar-refractivity contribution in [2.45, 2.75) is 13.0 Å². The molecule has 100 valence electrons. The zero-order chi connectivity index (χ0) is 14.0. The number of carbonyl (C=O) groups excluding carboxylic acids is 1. The number of nitrogens with one attached hydrogen (secondary N) is 2. The Kier molecular flexibility index (Phi) is 3.37. The third-order valence-corrected chi connectivity index (χ3v) is 2.88. The number of allylic oxidation sites excluding steroid dienone is 1. The van der Waals surface area contributed by atoms with Crippen molar-refractivity contribution in [3.05, 3.63) is 51.3 Å². The van der Waals surface area contributed by atoms with Crippen LogP contribution in [0.15, 0.2) is 35.7 Å². The largest absolute Gasteiger partial charge is 0.497 e. The molecule has 1 atom stereocenters. The van der Waals surface area contributed by atoms with Gasteiger partial charge in [-0.25, -0.2) is 4.79 Å². The van der Waals surface area contributed by atoms with E-state index in [2.05, 4.69) is 10.6 Å². The lowest BCUT2D eigenvalue weighted by Crippen LogP contribution is -2.44. The van der Waals surface area contributed by atoms with Crippen LogP contribution >= 0.6 is 0 Å². The molecule has 1 heterocycles. The van der Waals surface area contributed by atoms with E-state index < -0.39 is 17.0 Å². The highest BCUT2D eigenvalue weighted by Gasteiger charge is 2.35. The molecule has 0 saturated heterocycles. The van der Waals surface area contributed by atoms with Crippen LogP contribution in [0.5, 0.6) is 5.75 Å². The molecule has 2 rings (SSSR count). The van der Waals surface area contributed by atoms with Crippen molar-refractivity contribution in [1.82, 2.24) is 10.6 Å². The molecule has 1 aliphatic heterocycles. The van der Waals surface area contributed by atoms with Crippen LogP contribution < -0.4 is 15.4 Å². The Morgan fingerprint density at radius 1 is 1.32 bits per heavy atom. The number of hydrogen-bond donors (Lipinski definition) is 2. The van der Waals surface area contributed by atoms with Gasteiger partial charge in [0.15, 0.2) is 0 Å². The van der Waals surface area contributed by atoms with Gasteiger partial charge >= 0.3 is 6.03 Å². The van der Waals surface area contributed by atoms with Gasteiger partial charge in [-0.05, 0) is 24.6 Å². The summed E-state index contributed by atoms with van der Waals surface area (Å²) in [5.41, 5.74) is 0.807. The van der Waals surface area contributed by atoms with Gasteiger partial charge < -0.3 is 15.4 Å². The van der Waals surface area contributed by atoms with Crippen LogP contribution in [0.25, 0.3) is 0 Å². The van der Waals surface area contributed by atoms with Crippen LogP contribution in [0.1, 0.15) is 18.5 Å². The molecule has 0 aliphatic carbocycles. The molecule has 2 N–H and O–H groups in total. The van der Waals surface area contributed by atoms with E-state index in [1.165, 1.54) is 14.0 Å². The second-order valence-electron chi connectivity index (χ2n) is 4.07. The fourth-order valence-electron chi connectivity index (χ4n) is 1.97. The van der Waals surface area contributed by atoms with Crippen molar-refractivity contribution in [2.75, 3.05) is 7.11 Å². The zero-order valence-corrected chi connectivity index (χ0v) is 10.5. The first-order chi connectivity index (χ1) is 9.02. The third-order valence-electron chi connectivity index (χ3n) is 2.88. The lowest BCUT2D eigenvalue weighted by molar-refractivity contribution is -0.432. The summed E-state index contributed by atoms with van der Waals surface area (Å²) in [5.74, 6) is 0.646. The minimum absolute atomic E-state index is 0.0650. The van der Waals surface area contributed by atoms with E-state index in [0.29, 0.717) is 11.3 Å². The average molecular weight is 263 g/mol. The van der Waals surface area contributed by atoms with Crippen molar-refractivity contribution >= 4 is 6.03 Å². The lowest BCUT2D eigenvalue weighted by atomic mass is 10.0.